The Hall–Kier alpha value is -15.6. The predicted molar refractivity (Wildman–Crippen MR) is 490 cm³/mol. The molecule has 20 aromatic rings. The van der Waals surface area contributed by atoms with Crippen molar-refractivity contribution in [3.05, 3.63) is 413 Å². The average molecular weight is 1540 g/mol. The molecule has 120 heavy (non-hydrogen) atoms. The van der Waals surface area contributed by atoms with E-state index in [1.807, 2.05) is 36.4 Å². The lowest BCUT2D eigenvalue weighted by Gasteiger charge is -2.33. The average Bonchev–Trinajstić information content (AvgIpc) is 0.919. The topological polar surface area (TPSA) is 70.2 Å². The molecule has 6 aliphatic rings. The van der Waals surface area contributed by atoms with Gasteiger partial charge in [0.15, 0.2) is 0 Å². The highest BCUT2D eigenvalue weighted by atomic mass is 16.5. The fraction of sp³-hybridized carbons (Fsp3) is 0. The van der Waals surface area contributed by atoms with Crippen LogP contribution in [0.4, 0.5) is 0 Å². The van der Waals surface area contributed by atoms with Gasteiger partial charge in [-0.15, -0.1) is 0 Å². The highest BCUT2D eigenvalue weighted by Crippen LogP contribution is 2.45. The molecule has 0 aliphatic carbocycles. The minimum atomic E-state index is 0.0831. The molecular formula is C108H68B3N3O6. The number of hydrogen-bond donors (Lipinski definition) is 0. The van der Waals surface area contributed by atoms with Crippen LogP contribution in [-0.4, -0.2) is 33.8 Å². The summed E-state index contributed by atoms with van der Waals surface area (Å²) < 4.78 is 45.8. The van der Waals surface area contributed by atoms with Crippen molar-refractivity contribution < 1.29 is 28.4 Å². The van der Waals surface area contributed by atoms with E-state index >= 15 is 0 Å². The molecule has 26 rings (SSSR count). The number of rotatable bonds is 8. The van der Waals surface area contributed by atoms with Crippen molar-refractivity contribution in [1.82, 2.24) is 13.7 Å². The maximum atomic E-state index is 6.51. The number of nitrogens with zero attached hydrogens (tertiary/aromatic N) is 3. The van der Waals surface area contributed by atoms with Crippen molar-refractivity contribution in [3.8, 4) is 142 Å². The van der Waals surface area contributed by atoms with Gasteiger partial charge in [-0.3, -0.25) is 0 Å². The molecule has 6 aliphatic heterocycles. The maximum absolute atomic E-state index is 6.51. The van der Waals surface area contributed by atoms with Gasteiger partial charge in [0, 0.05) is 50.4 Å². The molecule has 0 saturated carbocycles. The van der Waals surface area contributed by atoms with Crippen LogP contribution < -0.4 is 77.6 Å². The second-order valence-corrected chi connectivity index (χ2v) is 31.3. The van der Waals surface area contributed by atoms with Gasteiger partial charge >= 0.3 is 0 Å². The van der Waals surface area contributed by atoms with Crippen LogP contribution in [0.2, 0.25) is 0 Å². The SMILES string of the molecule is c1ccc(-c2cc3ccccc3n2-c2ccc(-c3cc4c5c(c3)Oc3ccccc3B5c3ccccc3O4)cc2)cc1.c1ccc(-n2c(-c3ccc(-c4cc5c6c(c4)Oc4ccccc4B6c4ccccc4O5)cc3)cc3ccccc32)cc1.c1ccc2c(c1)Oc1cc(-c3ccc(-n4ccc5ccccc54)cc3)cc3c1B2c1ccccc1O3. The summed E-state index contributed by atoms with van der Waals surface area (Å²) in [7, 11) is 0. The van der Waals surface area contributed by atoms with E-state index in [4.69, 9.17) is 28.4 Å². The second-order valence-electron chi connectivity index (χ2n) is 31.3. The first-order valence-electron chi connectivity index (χ1n) is 40.8. The molecule has 9 heterocycles. The number of fused-ring (bicyclic) bond motifs is 15. The van der Waals surface area contributed by atoms with Crippen molar-refractivity contribution in [2.24, 2.45) is 0 Å². The number of ether oxygens (including phenoxy) is 6. The molecule has 0 N–H and O–H groups in total. The van der Waals surface area contributed by atoms with Crippen molar-refractivity contribution in [2.75, 3.05) is 0 Å². The third kappa shape index (κ3) is 11.5. The Bertz CT molecular complexity index is 7290. The van der Waals surface area contributed by atoms with Gasteiger partial charge in [0.25, 0.3) is 20.1 Å². The van der Waals surface area contributed by atoms with Crippen molar-refractivity contribution >= 4 is 102 Å². The Balaban J connectivity index is 0.000000103. The minimum absolute atomic E-state index is 0.0831. The zero-order valence-electron chi connectivity index (χ0n) is 64.8. The van der Waals surface area contributed by atoms with Crippen LogP contribution in [-0.2, 0) is 0 Å². The first-order chi connectivity index (χ1) is 59.5. The predicted octanol–water partition coefficient (Wildman–Crippen LogP) is 21.4. The van der Waals surface area contributed by atoms with Gasteiger partial charge in [-0.2, -0.15) is 0 Å². The third-order valence-electron chi connectivity index (χ3n) is 24.4. The van der Waals surface area contributed by atoms with Crippen molar-refractivity contribution in [3.63, 3.8) is 0 Å². The largest absolute Gasteiger partial charge is 0.458 e. The molecule has 9 nitrogen and oxygen atoms in total. The number of aromatic nitrogens is 3. The van der Waals surface area contributed by atoms with Gasteiger partial charge in [-0.25, -0.2) is 0 Å². The van der Waals surface area contributed by atoms with Crippen molar-refractivity contribution in [1.29, 1.82) is 0 Å². The minimum Gasteiger partial charge on any atom is -0.458 e. The molecule has 3 aromatic heterocycles. The van der Waals surface area contributed by atoms with E-state index in [0.717, 1.165) is 147 Å². The van der Waals surface area contributed by atoms with E-state index < -0.39 is 0 Å². The quantitative estimate of drug-likeness (QED) is 0.141. The summed E-state index contributed by atoms with van der Waals surface area (Å²) in [6.45, 7) is 0.268. The molecule has 0 fully saturated rings. The Morgan fingerprint density at radius 2 is 0.442 bits per heavy atom. The summed E-state index contributed by atoms with van der Waals surface area (Å²) in [4.78, 5) is 0. The fourth-order valence-electron chi connectivity index (χ4n) is 18.9. The summed E-state index contributed by atoms with van der Waals surface area (Å²) >= 11 is 0. The molecule has 0 spiro atoms. The van der Waals surface area contributed by atoms with Gasteiger partial charge in [0.2, 0.25) is 0 Å². The lowest BCUT2D eigenvalue weighted by molar-refractivity contribution is 0.464. The molecule has 0 saturated heterocycles. The number of benzene rings is 17. The molecule has 0 amide bonds. The summed E-state index contributed by atoms with van der Waals surface area (Å²) in [5.41, 5.74) is 28.6. The summed E-state index contributed by atoms with van der Waals surface area (Å²) in [5, 5.41) is 3.68. The van der Waals surface area contributed by atoms with Gasteiger partial charge < -0.3 is 42.1 Å². The highest BCUT2D eigenvalue weighted by molar-refractivity contribution is 6.99. The highest BCUT2D eigenvalue weighted by Gasteiger charge is 2.44. The normalized spacial score (nSPS) is 12.7. The fourth-order valence-corrected chi connectivity index (χ4v) is 18.9. The Kier molecular flexibility index (Phi) is 16.1. The standard InChI is InChI=1S/2C38H24BNO2.C32H20BNO2/c1-2-11-29(12-3-1)40-32-15-7-4-10-27(32)22-33(40)26-20-18-25(19-21-26)28-23-36-38-37(24-28)42-35-17-9-6-14-31(35)39(38)30-13-5-8-16-34(30)41-36;1-2-10-26(11-3-1)33-22-27-12-4-7-15-32(27)40(33)29-20-18-25(19-21-29)28-23-36-38-37(24-28)42-35-17-9-6-14-31(35)39(38)30-13-5-8-16-34(30)41-36;1-4-10-27-22(7-1)17-18-34(27)24-15-13-21(14-16-24)23-19-30-32-31(20-23)36-29-12-6-3-9-26(29)33(32)25-8-2-5-11-28(25)35-30/h2*1-24H;1-20H. The van der Waals surface area contributed by atoms with Crippen LogP contribution in [0.1, 0.15) is 0 Å². The molecule has 0 atom stereocenters. The Morgan fingerprint density at radius 1 is 0.175 bits per heavy atom. The second kappa shape index (κ2) is 28.1. The van der Waals surface area contributed by atoms with E-state index in [0.29, 0.717) is 0 Å². The lowest BCUT2D eigenvalue weighted by Crippen LogP contribution is -2.57. The Morgan fingerprint density at radius 3 is 0.808 bits per heavy atom. The molecule has 12 heteroatoms. The third-order valence-corrected chi connectivity index (χ3v) is 24.4. The molecule has 17 aromatic carbocycles. The molecule has 560 valence electrons. The maximum Gasteiger partial charge on any atom is 0.260 e. The van der Waals surface area contributed by atoms with E-state index in [-0.39, 0.29) is 20.1 Å². The summed E-state index contributed by atoms with van der Waals surface area (Å²) in [6.07, 6.45) is 2.12. The number of para-hydroxylation sites is 10. The lowest BCUT2D eigenvalue weighted by atomic mass is 9.35. The van der Waals surface area contributed by atoms with E-state index in [2.05, 4.69) is 390 Å². The monoisotopic (exact) mass is 1540 g/mol. The molecule has 0 unspecified atom stereocenters. The van der Waals surface area contributed by atoms with Crippen LogP contribution in [0.3, 0.4) is 0 Å². The summed E-state index contributed by atoms with van der Waals surface area (Å²) in [6, 6.07) is 143. The number of hydrogen-bond acceptors (Lipinski definition) is 6. The smallest absolute Gasteiger partial charge is 0.260 e. The van der Waals surface area contributed by atoms with Crippen LogP contribution in [0.25, 0.3) is 106 Å². The van der Waals surface area contributed by atoms with Gasteiger partial charge in [0.05, 0.1) is 27.9 Å². The zero-order valence-corrected chi connectivity index (χ0v) is 64.8. The van der Waals surface area contributed by atoms with E-state index in [1.165, 1.54) is 76.7 Å². The van der Waals surface area contributed by atoms with Gasteiger partial charge in [0.1, 0.15) is 69.0 Å². The van der Waals surface area contributed by atoms with Crippen LogP contribution in [0, 0.1) is 0 Å². The first kappa shape index (κ1) is 68.7. The zero-order chi connectivity index (χ0) is 78.9. The van der Waals surface area contributed by atoms with E-state index in [9.17, 15) is 0 Å². The van der Waals surface area contributed by atoms with Gasteiger partial charge in [-0.1, -0.05) is 261 Å². The molecule has 0 bridgehead atoms. The van der Waals surface area contributed by atoms with E-state index in [1.54, 1.807) is 0 Å². The van der Waals surface area contributed by atoms with Crippen molar-refractivity contribution in [2.45, 2.75) is 0 Å². The van der Waals surface area contributed by atoms with Gasteiger partial charge in [-0.05, 0) is 228 Å². The van der Waals surface area contributed by atoms with Crippen LogP contribution in [0.5, 0.6) is 69.0 Å². The van der Waals surface area contributed by atoms with Crippen LogP contribution in [0.15, 0.2) is 413 Å². The molecular weight excluding hydrogens is 1470 g/mol. The summed E-state index contributed by atoms with van der Waals surface area (Å²) in [5.74, 6) is 10.6. The first-order valence-corrected chi connectivity index (χ1v) is 40.8. The Labute approximate surface area is 694 Å². The van der Waals surface area contributed by atoms with Crippen LogP contribution >= 0.6 is 0 Å². The molecule has 0 radical (unpaired) electrons.